The molecule has 3 rings (SSSR count). The Balaban J connectivity index is 1.57. The SMILES string of the molecule is O=C(O)COC[C@H]1CC[C@H](COC(=O)N(c2ccc(F)cc2)c2ccc(F)cc2)CC1. The normalized spacial score (nSPS) is 18.4. The van der Waals surface area contributed by atoms with E-state index in [1.54, 1.807) is 0 Å². The van der Waals surface area contributed by atoms with Crippen LogP contribution in [0.25, 0.3) is 0 Å². The van der Waals surface area contributed by atoms with E-state index in [0.29, 0.717) is 23.9 Å². The van der Waals surface area contributed by atoms with Gasteiger partial charge in [-0.1, -0.05) is 0 Å². The minimum atomic E-state index is -0.979. The quantitative estimate of drug-likeness (QED) is 0.623. The number of carboxylic acid groups (broad SMARTS) is 1. The Hall–Kier alpha value is -3.00. The van der Waals surface area contributed by atoms with Crippen molar-refractivity contribution < 1.29 is 33.0 Å². The Kier molecular flexibility index (Phi) is 7.94. The fourth-order valence-corrected chi connectivity index (χ4v) is 3.67. The van der Waals surface area contributed by atoms with Crippen LogP contribution < -0.4 is 4.90 Å². The number of amides is 1. The zero-order chi connectivity index (χ0) is 22.2. The van der Waals surface area contributed by atoms with Crippen LogP contribution in [-0.2, 0) is 14.3 Å². The second-order valence-electron chi connectivity index (χ2n) is 7.66. The number of benzene rings is 2. The van der Waals surface area contributed by atoms with E-state index in [0.717, 1.165) is 25.7 Å². The van der Waals surface area contributed by atoms with Crippen LogP contribution >= 0.6 is 0 Å². The molecule has 1 aliphatic carbocycles. The molecule has 0 atom stereocenters. The molecule has 166 valence electrons. The van der Waals surface area contributed by atoms with Crippen LogP contribution in [0.15, 0.2) is 48.5 Å². The third-order valence-electron chi connectivity index (χ3n) is 5.34. The van der Waals surface area contributed by atoms with Gasteiger partial charge in [-0.25, -0.2) is 23.3 Å². The number of hydrogen-bond donors (Lipinski definition) is 1. The van der Waals surface area contributed by atoms with Crippen molar-refractivity contribution in [3.05, 3.63) is 60.2 Å². The van der Waals surface area contributed by atoms with Crippen molar-refractivity contribution in [2.75, 3.05) is 24.7 Å². The summed E-state index contributed by atoms with van der Waals surface area (Å²) in [6.45, 7) is 0.363. The van der Waals surface area contributed by atoms with Crippen molar-refractivity contribution in [3.8, 4) is 0 Å². The highest BCUT2D eigenvalue weighted by molar-refractivity contribution is 5.95. The average molecular weight is 433 g/mol. The van der Waals surface area contributed by atoms with E-state index in [-0.39, 0.29) is 19.1 Å². The van der Waals surface area contributed by atoms with E-state index in [1.165, 1.54) is 53.4 Å². The van der Waals surface area contributed by atoms with Gasteiger partial charge in [-0.2, -0.15) is 0 Å². The first kappa shape index (κ1) is 22.7. The van der Waals surface area contributed by atoms with Crippen LogP contribution in [0.5, 0.6) is 0 Å². The fourth-order valence-electron chi connectivity index (χ4n) is 3.67. The molecule has 0 bridgehead atoms. The molecule has 8 heteroatoms. The van der Waals surface area contributed by atoms with Crippen molar-refractivity contribution in [1.29, 1.82) is 0 Å². The van der Waals surface area contributed by atoms with Gasteiger partial charge in [0.15, 0.2) is 0 Å². The molecule has 0 aliphatic heterocycles. The minimum absolute atomic E-state index is 0.197. The summed E-state index contributed by atoms with van der Waals surface area (Å²) in [5.74, 6) is -1.34. The third kappa shape index (κ3) is 6.75. The maximum absolute atomic E-state index is 13.3. The molecule has 1 fully saturated rings. The summed E-state index contributed by atoms with van der Waals surface area (Å²) in [5.41, 5.74) is 0.828. The highest BCUT2D eigenvalue weighted by Crippen LogP contribution is 2.31. The lowest BCUT2D eigenvalue weighted by Gasteiger charge is -2.29. The molecule has 1 aliphatic rings. The van der Waals surface area contributed by atoms with Gasteiger partial charge in [0, 0.05) is 0 Å². The fraction of sp³-hybridized carbons (Fsp3) is 0.391. The largest absolute Gasteiger partial charge is 0.480 e. The molecular formula is C23H25F2NO5. The van der Waals surface area contributed by atoms with Gasteiger partial charge < -0.3 is 14.6 Å². The second kappa shape index (κ2) is 10.9. The molecule has 0 aromatic heterocycles. The van der Waals surface area contributed by atoms with Gasteiger partial charge in [-0.05, 0) is 86.1 Å². The molecule has 6 nitrogen and oxygen atoms in total. The maximum Gasteiger partial charge on any atom is 0.418 e. The zero-order valence-corrected chi connectivity index (χ0v) is 17.0. The lowest BCUT2D eigenvalue weighted by Crippen LogP contribution is -2.30. The number of carbonyl (C=O) groups excluding carboxylic acids is 1. The molecule has 1 amide bonds. The van der Waals surface area contributed by atoms with Crippen LogP contribution in [0.4, 0.5) is 25.0 Å². The van der Waals surface area contributed by atoms with Crippen molar-refractivity contribution in [3.63, 3.8) is 0 Å². The highest BCUT2D eigenvalue weighted by Gasteiger charge is 2.25. The molecule has 2 aromatic rings. The Morgan fingerprint density at radius 2 is 1.29 bits per heavy atom. The number of hydrogen-bond acceptors (Lipinski definition) is 4. The molecule has 0 spiro atoms. The lowest BCUT2D eigenvalue weighted by molar-refractivity contribution is -0.142. The maximum atomic E-state index is 13.3. The lowest BCUT2D eigenvalue weighted by atomic mass is 9.83. The van der Waals surface area contributed by atoms with E-state index in [2.05, 4.69) is 0 Å². The molecule has 1 N–H and O–H groups in total. The standard InChI is InChI=1S/C23H25F2NO5/c24-18-5-9-20(10-6-18)26(21-11-7-19(25)8-12-21)23(29)31-14-17-3-1-16(2-4-17)13-30-15-22(27)28/h5-12,16-17H,1-4,13-15H2,(H,27,28)/t16-,17-. The topological polar surface area (TPSA) is 76.1 Å². The van der Waals surface area contributed by atoms with Crippen molar-refractivity contribution in [2.45, 2.75) is 25.7 Å². The van der Waals surface area contributed by atoms with Crippen LogP contribution in [0.1, 0.15) is 25.7 Å². The van der Waals surface area contributed by atoms with Gasteiger partial charge in [0.2, 0.25) is 0 Å². The van der Waals surface area contributed by atoms with Crippen molar-refractivity contribution in [2.24, 2.45) is 11.8 Å². The first-order chi connectivity index (χ1) is 14.9. The predicted octanol–water partition coefficient (Wildman–Crippen LogP) is 5.15. The van der Waals surface area contributed by atoms with Crippen molar-refractivity contribution in [1.82, 2.24) is 0 Å². The van der Waals surface area contributed by atoms with E-state index in [9.17, 15) is 18.4 Å². The van der Waals surface area contributed by atoms with Gasteiger partial charge in [0.1, 0.15) is 18.2 Å². The van der Waals surface area contributed by atoms with Crippen LogP contribution in [0, 0.1) is 23.5 Å². The molecule has 0 heterocycles. The molecule has 1 saturated carbocycles. The molecule has 2 aromatic carbocycles. The van der Waals surface area contributed by atoms with E-state index in [1.807, 2.05) is 0 Å². The Morgan fingerprint density at radius 3 is 1.74 bits per heavy atom. The van der Waals surface area contributed by atoms with E-state index < -0.39 is 23.7 Å². The monoisotopic (exact) mass is 433 g/mol. The van der Waals surface area contributed by atoms with Gasteiger partial charge in [0.05, 0.1) is 24.6 Å². The zero-order valence-electron chi connectivity index (χ0n) is 17.0. The van der Waals surface area contributed by atoms with Gasteiger partial charge in [0.25, 0.3) is 0 Å². The average Bonchev–Trinajstić information content (AvgIpc) is 2.76. The van der Waals surface area contributed by atoms with Gasteiger partial charge in [-0.3, -0.25) is 0 Å². The Morgan fingerprint density at radius 1 is 0.839 bits per heavy atom. The Labute approximate surface area is 179 Å². The molecule has 31 heavy (non-hydrogen) atoms. The minimum Gasteiger partial charge on any atom is -0.480 e. The number of rotatable bonds is 8. The number of carboxylic acids is 1. The number of anilines is 2. The Bertz CT molecular complexity index is 819. The number of aliphatic carboxylic acids is 1. The second-order valence-corrected chi connectivity index (χ2v) is 7.66. The summed E-state index contributed by atoms with van der Waals surface area (Å²) in [5, 5.41) is 8.63. The molecule has 0 saturated heterocycles. The van der Waals surface area contributed by atoms with Crippen LogP contribution in [0.3, 0.4) is 0 Å². The first-order valence-corrected chi connectivity index (χ1v) is 10.2. The van der Waals surface area contributed by atoms with Gasteiger partial charge in [-0.15, -0.1) is 0 Å². The summed E-state index contributed by atoms with van der Waals surface area (Å²) < 4.78 is 37.4. The molecular weight excluding hydrogens is 408 g/mol. The number of halogens is 2. The number of nitrogens with zero attached hydrogens (tertiary/aromatic N) is 1. The van der Waals surface area contributed by atoms with Crippen molar-refractivity contribution >= 4 is 23.4 Å². The smallest absolute Gasteiger partial charge is 0.418 e. The molecule has 0 radical (unpaired) electrons. The molecule has 0 unspecified atom stereocenters. The summed E-state index contributed by atoms with van der Waals surface area (Å²) >= 11 is 0. The first-order valence-electron chi connectivity index (χ1n) is 10.2. The van der Waals surface area contributed by atoms with Crippen LogP contribution in [0.2, 0.25) is 0 Å². The third-order valence-corrected chi connectivity index (χ3v) is 5.34. The highest BCUT2D eigenvalue weighted by atomic mass is 19.1. The van der Waals surface area contributed by atoms with Crippen LogP contribution in [-0.4, -0.2) is 37.0 Å². The van der Waals surface area contributed by atoms with E-state index >= 15 is 0 Å². The van der Waals surface area contributed by atoms with Gasteiger partial charge >= 0.3 is 12.1 Å². The summed E-state index contributed by atoms with van der Waals surface area (Å²) in [6, 6.07) is 10.8. The van der Waals surface area contributed by atoms with E-state index in [4.69, 9.17) is 14.6 Å². The summed E-state index contributed by atoms with van der Waals surface area (Å²) in [6.07, 6.45) is 2.83. The summed E-state index contributed by atoms with van der Waals surface area (Å²) in [4.78, 5) is 24.7. The number of ether oxygens (including phenoxy) is 2. The number of carbonyl (C=O) groups is 2. The summed E-state index contributed by atoms with van der Waals surface area (Å²) in [7, 11) is 0. The predicted molar refractivity (Wildman–Crippen MR) is 110 cm³/mol.